The molecule has 0 spiro atoms. The van der Waals surface area contributed by atoms with Crippen LogP contribution in [0.15, 0.2) is 44.8 Å². The fraction of sp³-hybridized carbons (Fsp3) is 0.167. The molecule has 0 saturated carbocycles. The van der Waals surface area contributed by atoms with Crippen LogP contribution in [0.5, 0.6) is 0 Å². The molecule has 2 rings (SSSR count). The van der Waals surface area contributed by atoms with Gasteiger partial charge in [0.25, 0.3) is 0 Å². The average Bonchev–Trinajstić information content (AvgIpc) is 2.89. The van der Waals surface area contributed by atoms with Crippen LogP contribution < -0.4 is 5.32 Å². The predicted molar refractivity (Wildman–Crippen MR) is 71.5 cm³/mol. The lowest BCUT2D eigenvalue weighted by Gasteiger charge is -1.97. The van der Waals surface area contributed by atoms with Crippen molar-refractivity contribution in [3.8, 4) is 0 Å². The van der Waals surface area contributed by atoms with Crippen molar-refractivity contribution < 1.29 is 4.42 Å². The van der Waals surface area contributed by atoms with Crippen molar-refractivity contribution in [1.29, 1.82) is 0 Å². The van der Waals surface area contributed by atoms with E-state index in [2.05, 4.69) is 39.5 Å². The molecule has 0 aliphatic rings. The van der Waals surface area contributed by atoms with Crippen molar-refractivity contribution in [2.45, 2.75) is 6.54 Å². The molecule has 0 unspecified atom stereocenters. The van der Waals surface area contributed by atoms with Crippen LogP contribution in [-0.4, -0.2) is 6.54 Å². The molecule has 1 N–H and O–H groups in total. The van der Waals surface area contributed by atoms with Crippen molar-refractivity contribution in [2.24, 2.45) is 0 Å². The fourth-order valence-corrected chi connectivity index (χ4v) is 2.74. The summed E-state index contributed by atoms with van der Waals surface area (Å²) in [5.41, 5.74) is 0. The summed E-state index contributed by atoms with van der Waals surface area (Å²) in [5, 5.41) is 3.34. The molecular formula is C12H12BrNOS. The summed E-state index contributed by atoms with van der Waals surface area (Å²) in [4.78, 5) is 1.33. The van der Waals surface area contributed by atoms with Gasteiger partial charge in [0.2, 0.25) is 0 Å². The van der Waals surface area contributed by atoms with E-state index in [1.54, 1.807) is 17.6 Å². The van der Waals surface area contributed by atoms with E-state index in [4.69, 9.17) is 4.42 Å². The number of hydrogen-bond acceptors (Lipinski definition) is 3. The quantitative estimate of drug-likeness (QED) is 0.847. The maximum absolute atomic E-state index is 5.18. The molecule has 0 amide bonds. The van der Waals surface area contributed by atoms with Gasteiger partial charge in [-0.3, -0.25) is 0 Å². The zero-order chi connectivity index (χ0) is 11.2. The van der Waals surface area contributed by atoms with Gasteiger partial charge < -0.3 is 9.73 Å². The van der Waals surface area contributed by atoms with Gasteiger partial charge in [0.1, 0.15) is 5.76 Å². The Morgan fingerprint density at radius 3 is 3.00 bits per heavy atom. The minimum absolute atomic E-state index is 0.843. The molecule has 84 valence electrons. The second kappa shape index (κ2) is 6.03. The van der Waals surface area contributed by atoms with E-state index in [9.17, 15) is 0 Å². The molecule has 2 aromatic rings. The third kappa shape index (κ3) is 3.63. The van der Waals surface area contributed by atoms with Gasteiger partial charge in [-0.15, -0.1) is 11.3 Å². The van der Waals surface area contributed by atoms with E-state index in [1.807, 2.05) is 18.2 Å². The van der Waals surface area contributed by atoms with Crippen LogP contribution in [-0.2, 0) is 6.54 Å². The molecule has 0 saturated heterocycles. The summed E-state index contributed by atoms with van der Waals surface area (Å²) in [6.45, 7) is 1.75. The molecule has 16 heavy (non-hydrogen) atoms. The molecule has 0 aliphatic carbocycles. The van der Waals surface area contributed by atoms with E-state index in [0.717, 1.165) is 18.8 Å². The highest BCUT2D eigenvalue weighted by Crippen LogP contribution is 2.21. The SMILES string of the molecule is Brc1ccc(CNC/C=C/c2ccco2)s1. The maximum atomic E-state index is 5.18. The Kier molecular flexibility index (Phi) is 4.39. The van der Waals surface area contributed by atoms with Crippen molar-refractivity contribution in [3.63, 3.8) is 0 Å². The van der Waals surface area contributed by atoms with Crippen LogP contribution in [0, 0.1) is 0 Å². The van der Waals surface area contributed by atoms with E-state index >= 15 is 0 Å². The Labute approximate surface area is 107 Å². The molecule has 4 heteroatoms. The van der Waals surface area contributed by atoms with E-state index in [1.165, 1.54) is 8.66 Å². The normalized spacial score (nSPS) is 11.3. The average molecular weight is 298 g/mol. The van der Waals surface area contributed by atoms with Gasteiger partial charge in [-0.05, 0) is 46.3 Å². The standard InChI is InChI=1S/C12H12BrNOS/c13-12-6-5-11(16-12)9-14-7-1-3-10-4-2-8-15-10/h1-6,8,14H,7,9H2/b3-1+. The van der Waals surface area contributed by atoms with Gasteiger partial charge in [0, 0.05) is 18.0 Å². The van der Waals surface area contributed by atoms with Crippen molar-refractivity contribution in [3.05, 3.63) is 51.0 Å². The van der Waals surface area contributed by atoms with E-state index < -0.39 is 0 Å². The molecule has 2 heterocycles. The number of rotatable bonds is 5. The minimum atomic E-state index is 0.843. The molecule has 0 bridgehead atoms. The summed E-state index contributed by atoms with van der Waals surface area (Å²) in [7, 11) is 0. The third-order valence-electron chi connectivity index (χ3n) is 2.02. The first kappa shape index (κ1) is 11.6. The summed E-state index contributed by atoms with van der Waals surface area (Å²) < 4.78 is 6.36. The molecular weight excluding hydrogens is 286 g/mol. The van der Waals surface area contributed by atoms with Gasteiger partial charge >= 0.3 is 0 Å². The Morgan fingerprint density at radius 2 is 2.31 bits per heavy atom. The molecule has 0 fully saturated rings. The highest BCUT2D eigenvalue weighted by atomic mass is 79.9. The molecule has 2 aromatic heterocycles. The summed E-state index contributed by atoms with van der Waals surface area (Å²) in [6, 6.07) is 8.02. The van der Waals surface area contributed by atoms with Crippen LogP contribution in [0.4, 0.5) is 0 Å². The molecule has 0 atom stereocenters. The largest absolute Gasteiger partial charge is 0.465 e. The monoisotopic (exact) mass is 297 g/mol. The lowest BCUT2D eigenvalue weighted by Crippen LogP contribution is -2.11. The van der Waals surface area contributed by atoms with Gasteiger partial charge in [0.15, 0.2) is 0 Å². The Morgan fingerprint density at radius 1 is 1.38 bits per heavy atom. The Balaban J connectivity index is 1.69. The topological polar surface area (TPSA) is 25.2 Å². The van der Waals surface area contributed by atoms with Crippen LogP contribution in [0.3, 0.4) is 0 Å². The van der Waals surface area contributed by atoms with Crippen LogP contribution in [0.25, 0.3) is 6.08 Å². The number of hydrogen-bond donors (Lipinski definition) is 1. The molecule has 0 aromatic carbocycles. The first-order valence-electron chi connectivity index (χ1n) is 4.99. The smallest absolute Gasteiger partial charge is 0.126 e. The van der Waals surface area contributed by atoms with Crippen molar-refractivity contribution in [2.75, 3.05) is 6.54 Å². The van der Waals surface area contributed by atoms with E-state index in [0.29, 0.717) is 0 Å². The van der Waals surface area contributed by atoms with Crippen LogP contribution >= 0.6 is 27.3 Å². The van der Waals surface area contributed by atoms with Gasteiger partial charge in [0.05, 0.1) is 10.0 Å². The maximum Gasteiger partial charge on any atom is 0.126 e. The number of halogens is 1. The highest BCUT2D eigenvalue weighted by molar-refractivity contribution is 9.11. The molecule has 0 radical (unpaired) electrons. The van der Waals surface area contributed by atoms with Crippen molar-refractivity contribution >= 4 is 33.3 Å². The third-order valence-corrected chi connectivity index (χ3v) is 3.64. The predicted octanol–water partition coefficient (Wildman–Crippen LogP) is 3.91. The lowest BCUT2D eigenvalue weighted by atomic mass is 10.4. The molecule has 2 nitrogen and oxygen atoms in total. The van der Waals surface area contributed by atoms with Gasteiger partial charge in [-0.1, -0.05) is 6.08 Å². The highest BCUT2D eigenvalue weighted by Gasteiger charge is 1.95. The van der Waals surface area contributed by atoms with Crippen molar-refractivity contribution in [1.82, 2.24) is 5.32 Å². The first-order valence-corrected chi connectivity index (χ1v) is 6.60. The number of thiophene rings is 1. The first-order chi connectivity index (χ1) is 7.84. The lowest BCUT2D eigenvalue weighted by molar-refractivity contribution is 0.556. The zero-order valence-electron chi connectivity index (χ0n) is 8.65. The number of furan rings is 1. The second-order valence-corrected chi connectivity index (χ2v) is 5.80. The Hall–Kier alpha value is -0.840. The van der Waals surface area contributed by atoms with Gasteiger partial charge in [-0.25, -0.2) is 0 Å². The summed E-state index contributed by atoms with van der Waals surface area (Å²) in [5.74, 6) is 0.890. The second-order valence-electron chi connectivity index (χ2n) is 3.25. The molecule has 0 aliphatic heterocycles. The summed E-state index contributed by atoms with van der Waals surface area (Å²) in [6.07, 6.45) is 5.70. The zero-order valence-corrected chi connectivity index (χ0v) is 11.1. The van der Waals surface area contributed by atoms with Crippen LogP contribution in [0.2, 0.25) is 0 Å². The number of nitrogens with one attached hydrogen (secondary N) is 1. The van der Waals surface area contributed by atoms with E-state index in [-0.39, 0.29) is 0 Å². The van der Waals surface area contributed by atoms with Crippen LogP contribution in [0.1, 0.15) is 10.6 Å². The fourth-order valence-electron chi connectivity index (χ4n) is 1.29. The van der Waals surface area contributed by atoms with Gasteiger partial charge in [-0.2, -0.15) is 0 Å². The summed E-state index contributed by atoms with van der Waals surface area (Å²) >= 11 is 5.20. The minimum Gasteiger partial charge on any atom is -0.465 e. The Bertz CT molecular complexity index is 447.